The Morgan fingerprint density at radius 1 is 1.45 bits per heavy atom. The van der Waals surface area contributed by atoms with Crippen LogP contribution in [0.4, 0.5) is 0 Å². The summed E-state index contributed by atoms with van der Waals surface area (Å²) in [6.07, 6.45) is 3.08. The molecule has 0 aromatic carbocycles. The van der Waals surface area contributed by atoms with Gasteiger partial charge in [-0.25, -0.2) is 0 Å². The molecule has 0 saturated carbocycles. The summed E-state index contributed by atoms with van der Waals surface area (Å²) >= 11 is 5.76. The van der Waals surface area contributed by atoms with Crippen LogP contribution in [0.1, 0.15) is 0 Å². The second-order valence-electron chi connectivity index (χ2n) is 5.06. The van der Waals surface area contributed by atoms with Crippen molar-refractivity contribution in [3.8, 4) is 0 Å². The number of carbonyl (C=O) groups is 2. The van der Waals surface area contributed by atoms with Crippen molar-refractivity contribution < 1.29 is 9.59 Å². The number of aromatic nitrogens is 2. The Bertz CT molecular complexity index is 504. The number of halogens is 1. The lowest BCUT2D eigenvalue weighted by molar-refractivity contribution is -0.133. The maximum absolute atomic E-state index is 12.3. The van der Waals surface area contributed by atoms with Gasteiger partial charge in [0, 0.05) is 32.4 Å². The average molecular weight is 300 g/mol. The minimum Gasteiger partial charge on any atom is -0.369 e. The fourth-order valence-electron chi connectivity index (χ4n) is 2.24. The van der Waals surface area contributed by atoms with Crippen LogP contribution in [-0.2, 0) is 16.1 Å². The summed E-state index contributed by atoms with van der Waals surface area (Å²) in [6.45, 7) is 2.34. The standard InChI is InChI=1S/C12H18ClN5O2/c1-16-2-3-17(6-9(5-16)12(14)20)11(19)8-18-7-10(13)4-15-18/h4,7,9H,2-3,5-6,8H2,1H3,(H2,14,20). The number of nitrogens with zero attached hydrogens (tertiary/aromatic N) is 4. The predicted molar refractivity (Wildman–Crippen MR) is 74.0 cm³/mol. The number of carbonyl (C=O) groups excluding carboxylic acids is 2. The minimum absolute atomic E-state index is 0.0914. The van der Waals surface area contributed by atoms with E-state index in [0.717, 1.165) is 6.54 Å². The molecule has 2 N–H and O–H groups in total. The van der Waals surface area contributed by atoms with E-state index < -0.39 is 0 Å². The van der Waals surface area contributed by atoms with E-state index in [4.69, 9.17) is 17.3 Å². The summed E-state index contributed by atoms with van der Waals surface area (Å²) in [7, 11) is 1.91. The van der Waals surface area contributed by atoms with Crippen LogP contribution in [0.25, 0.3) is 0 Å². The molecule has 2 rings (SSSR count). The van der Waals surface area contributed by atoms with Crippen molar-refractivity contribution in [1.29, 1.82) is 0 Å². The monoisotopic (exact) mass is 299 g/mol. The number of hydrogen-bond donors (Lipinski definition) is 1. The van der Waals surface area contributed by atoms with E-state index in [1.165, 1.54) is 10.9 Å². The zero-order chi connectivity index (χ0) is 14.7. The third-order valence-corrected chi connectivity index (χ3v) is 3.57. The van der Waals surface area contributed by atoms with E-state index in [1.807, 2.05) is 11.9 Å². The van der Waals surface area contributed by atoms with Crippen LogP contribution in [0.15, 0.2) is 12.4 Å². The number of rotatable bonds is 3. The van der Waals surface area contributed by atoms with Gasteiger partial charge in [0.05, 0.1) is 17.1 Å². The SMILES string of the molecule is CN1CCN(C(=O)Cn2cc(Cl)cn2)CC(C(N)=O)C1. The second-order valence-corrected chi connectivity index (χ2v) is 5.49. The second kappa shape index (κ2) is 6.23. The van der Waals surface area contributed by atoms with Crippen LogP contribution in [0.2, 0.25) is 5.02 Å². The Morgan fingerprint density at radius 3 is 2.80 bits per heavy atom. The molecule has 1 fully saturated rings. The van der Waals surface area contributed by atoms with Crippen molar-refractivity contribution in [2.24, 2.45) is 11.7 Å². The van der Waals surface area contributed by atoms with Gasteiger partial charge in [-0.05, 0) is 7.05 Å². The van der Waals surface area contributed by atoms with Gasteiger partial charge in [0.15, 0.2) is 0 Å². The van der Waals surface area contributed by atoms with Crippen molar-refractivity contribution in [3.05, 3.63) is 17.4 Å². The Labute approximate surface area is 122 Å². The zero-order valence-corrected chi connectivity index (χ0v) is 12.1. The fraction of sp³-hybridized carbons (Fsp3) is 0.583. The lowest BCUT2D eigenvalue weighted by atomic mass is 10.1. The Kier molecular flexibility index (Phi) is 4.61. The normalized spacial score (nSPS) is 20.7. The van der Waals surface area contributed by atoms with Gasteiger partial charge in [0.2, 0.25) is 11.8 Å². The van der Waals surface area contributed by atoms with E-state index >= 15 is 0 Å². The van der Waals surface area contributed by atoms with Crippen LogP contribution >= 0.6 is 11.6 Å². The molecule has 1 aromatic heterocycles. The third kappa shape index (κ3) is 3.71. The average Bonchev–Trinajstić information content (AvgIpc) is 2.67. The highest BCUT2D eigenvalue weighted by molar-refractivity contribution is 6.30. The van der Waals surface area contributed by atoms with Gasteiger partial charge in [-0.2, -0.15) is 5.10 Å². The van der Waals surface area contributed by atoms with Crippen LogP contribution in [0.3, 0.4) is 0 Å². The van der Waals surface area contributed by atoms with Gasteiger partial charge in [-0.15, -0.1) is 0 Å². The number of nitrogens with two attached hydrogens (primary N) is 1. The molecule has 2 amide bonds. The first-order valence-electron chi connectivity index (χ1n) is 6.39. The quantitative estimate of drug-likeness (QED) is 0.809. The molecule has 1 saturated heterocycles. The molecule has 0 spiro atoms. The zero-order valence-electron chi connectivity index (χ0n) is 11.3. The molecule has 110 valence electrons. The summed E-state index contributed by atoms with van der Waals surface area (Å²) in [6, 6.07) is 0. The largest absolute Gasteiger partial charge is 0.369 e. The van der Waals surface area contributed by atoms with Gasteiger partial charge >= 0.3 is 0 Å². The minimum atomic E-state index is -0.376. The van der Waals surface area contributed by atoms with E-state index in [0.29, 0.717) is 24.7 Å². The third-order valence-electron chi connectivity index (χ3n) is 3.38. The molecule has 1 atom stereocenters. The molecule has 1 unspecified atom stereocenters. The van der Waals surface area contributed by atoms with E-state index in [-0.39, 0.29) is 24.3 Å². The molecule has 2 heterocycles. The first-order valence-corrected chi connectivity index (χ1v) is 6.77. The molecule has 0 aliphatic carbocycles. The molecule has 20 heavy (non-hydrogen) atoms. The predicted octanol–water partition coefficient (Wildman–Crippen LogP) is -0.588. The highest BCUT2D eigenvalue weighted by Gasteiger charge is 2.27. The maximum Gasteiger partial charge on any atom is 0.244 e. The van der Waals surface area contributed by atoms with Crippen molar-refractivity contribution in [2.75, 3.05) is 33.2 Å². The Hall–Kier alpha value is -1.60. The summed E-state index contributed by atoms with van der Waals surface area (Å²) in [5.74, 6) is -0.808. The van der Waals surface area contributed by atoms with E-state index in [2.05, 4.69) is 5.10 Å². The Balaban J connectivity index is 2.02. The fourth-order valence-corrected chi connectivity index (χ4v) is 2.40. The van der Waals surface area contributed by atoms with Crippen molar-refractivity contribution in [2.45, 2.75) is 6.54 Å². The summed E-state index contributed by atoms with van der Waals surface area (Å²) in [5.41, 5.74) is 5.38. The van der Waals surface area contributed by atoms with E-state index in [1.54, 1.807) is 11.1 Å². The van der Waals surface area contributed by atoms with Crippen LogP contribution < -0.4 is 5.73 Å². The lowest BCUT2D eigenvalue weighted by Gasteiger charge is -2.22. The van der Waals surface area contributed by atoms with Crippen molar-refractivity contribution in [3.63, 3.8) is 0 Å². The lowest BCUT2D eigenvalue weighted by Crippen LogP contribution is -2.41. The number of primary amides is 1. The molecule has 0 bridgehead atoms. The molecular weight excluding hydrogens is 282 g/mol. The van der Waals surface area contributed by atoms with Crippen LogP contribution in [-0.4, -0.2) is 64.6 Å². The van der Waals surface area contributed by atoms with Crippen LogP contribution in [0.5, 0.6) is 0 Å². The maximum atomic E-state index is 12.3. The molecule has 1 aliphatic heterocycles. The molecule has 7 nitrogen and oxygen atoms in total. The highest BCUT2D eigenvalue weighted by atomic mass is 35.5. The van der Waals surface area contributed by atoms with Gasteiger partial charge < -0.3 is 15.5 Å². The topological polar surface area (TPSA) is 84.5 Å². The van der Waals surface area contributed by atoms with Gasteiger partial charge in [-0.3, -0.25) is 14.3 Å². The molecule has 8 heteroatoms. The first kappa shape index (κ1) is 14.8. The van der Waals surface area contributed by atoms with Gasteiger partial charge in [0.25, 0.3) is 0 Å². The van der Waals surface area contributed by atoms with E-state index in [9.17, 15) is 9.59 Å². The molecule has 1 aromatic rings. The van der Waals surface area contributed by atoms with Crippen molar-refractivity contribution in [1.82, 2.24) is 19.6 Å². The Morgan fingerprint density at radius 2 is 2.20 bits per heavy atom. The molecular formula is C12H18ClN5O2. The first-order chi connectivity index (χ1) is 9.45. The number of likely N-dealkylation sites (N-methyl/N-ethyl adjacent to an activating group) is 1. The highest BCUT2D eigenvalue weighted by Crippen LogP contribution is 2.10. The van der Waals surface area contributed by atoms with Crippen LogP contribution in [0, 0.1) is 5.92 Å². The van der Waals surface area contributed by atoms with Gasteiger partial charge in [0.1, 0.15) is 6.54 Å². The van der Waals surface area contributed by atoms with Gasteiger partial charge in [-0.1, -0.05) is 11.6 Å². The summed E-state index contributed by atoms with van der Waals surface area (Å²) in [4.78, 5) is 27.3. The smallest absolute Gasteiger partial charge is 0.244 e. The number of amides is 2. The number of hydrogen-bond acceptors (Lipinski definition) is 4. The van der Waals surface area contributed by atoms with Crippen molar-refractivity contribution >= 4 is 23.4 Å². The molecule has 0 radical (unpaired) electrons. The summed E-state index contributed by atoms with van der Waals surface area (Å²) < 4.78 is 1.48. The molecule has 1 aliphatic rings. The summed E-state index contributed by atoms with van der Waals surface area (Å²) in [5, 5.41) is 4.47.